The number of benzene rings is 1. The number of rotatable bonds is 5. The fraction of sp³-hybridized carbons (Fsp3) is 0.500. The fourth-order valence-electron chi connectivity index (χ4n) is 3.31. The summed E-state index contributed by atoms with van der Waals surface area (Å²) in [5, 5.41) is 0. The van der Waals surface area contributed by atoms with Gasteiger partial charge in [-0.05, 0) is 37.5 Å². The lowest BCUT2D eigenvalue weighted by atomic mass is 9.83. The van der Waals surface area contributed by atoms with Crippen LogP contribution in [0, 0.1) is 5.82 Å². The van der Waals surface area contributed by atoms with Gasteiger partial charge in [0.15, 0.2) is 0 Å². The lowest BCUT2D eigenvalue weighted by molar-refractivity contribution is 0.196. The van der Waals surface area contributed by atoms with Crippen LogP contribution in [0.25, 0.3) is 0 Å². The zero-order chi connectivity index (χ0) is 18.9. The van der Waals surface area contributed by atoms with Gasteiger partial charge in [-0.3, -0.25) is 0 Å². The molecule has 0 N–H and O–H groups in total. The normalized spacial score (nSPS) is 22.0. The molecule has 1 saturated heterocycles. The third-order valence-electron chi connectivity index (χ3n) is 4.79. The molecule has 0 amide bonds. The van der Waals surface area contributed by atoms with E-state index in [2.05, 4.69) is 4.98 Å². The van der Waals surface area contributed by atoms with Crippen LogP contribution in [0.1, 0.15) is 37.0 Å². The predicted octanol–water partition coefficient (Wildman–Crippen LogP) is 2.56. The first-order valence-electron chi connectivity index (χ1n) is 8.58. The first-order chi connectivity index (χ1) is 12.2. The van der Waals surface area contributed by atoms with E-state index in [1.807, 2.05) is 13.0 Å². The average molecular weight is 381 g/mol. The van der Waals surface area contributed by atoms with Crippen molar-refractivity contribution in [3.05, 3.63) is 53.5 Å². The minimum absolute atomic E-state index is 0.286. The van der Waals surface area contributed by atoms with E-state index in [0.29, 0.717) is 31.2 Å². The lowest BCUT2D eigenvalue weighted by Crippen LogP contribution is -2.50. The molecule has 142 valence electrons. The zero-order valence-electron chi connectivity index (χ0n) is 15.3. The molecule has 2 aromatic rings. The first-order valence-corrected chi connectivity index (χ1v) is 9.98. The molecule has 1 aromatic heterocycles. The Hall–Kier alpha value is -1.77. The van der Waals surface area contributed by atoms with Crippen LogP contribution in [0.3, 0.4) is 0 Å². The number of nitrogens with zero attached hydrogens (tertiary/aromatic N) is 3. The van der Waals surface area contributed by atoms with Crippen LogP contribution in [-0.4, -0.2) is 49.2 Å². The average Bonchev–Trinajstić information content (AvgIpc) is 3.04. The Labute approximate surface area is 153 Å². The third-order valence-corrected chi connectivity index (χ3v) is 6.67. The maximum absolute atomic E-state index is 13.3. The topological polar surface area (TPSA) is 66.7 Å². The molecule has 0 saturated carbocycles. The van der Waals surface area contributed by atoms with Gasteiger partial charge < -0.3 is 4.42 Å². The molecule has 26 heavy (non-hydrogen) atoms. The summed E-state index contributed by atoms with van der Waals surface area (Å²) in [5.74, 6) is 0.882. The fourth-order valence-corrected chi connectivity index (χ4v) is 4.58. The molecule has 8 heteroatoms. The summed E-state index contributed by atoms with van der Waals surface area (Å²) in [6.45, 7) is 2.79. The smallest absolute Gasteiger partial charge is 0.281 e. The molecular weight excluding hydrogens is 357 g/mol. The van der Waals surface area contributed by atoms with Crippen molar-refractivity contribution < 1.29 is 17.2 Å². The molecular formula is C18H24FN3O3S. The van der Waals surface area contributed by atoms with Crippen LogP contribution in [0.15, 0.2) is 34.9 Å². The first kappa shape index (κ1) is 19.0. The second-order valence-electron chi connectivity index (χ2n) is 7.23. The van der Waals surface area contributed by atoms with Crippen LogP contribution >= 0.6 is 0 Å². The van der Waals surface area contributed by atoms with Gasteiger partial charge in [-0.2, -0.15) is 17.0 Å². The van der Waals surface area contributed by atoms with E-state index >= 15 is 0 Å². The minimum atomic E-state index is -3.47. The molecule has 1 fully saturated rings. The largest absolute Gasteiger partial charge is 0.445 e. The van der Waals surface area contributed by atoms with Gasteiger partial charge in [0, 0.05) is 33.6 Å². The molecule has 0 radical (unpaired) electrons. The van der Waals surface area contributed by atoms with Gasteiger partial charge in [0.1, 0.15) is 11.6 Å². The number of oxazole rings is 1. The lowest BCUT2D eigenvalue weighted by Gasteiger charge is -2.38. The van der Waals surface area contributed by atoms with E-state index < -0.39 is 15.6 Å². The summed E-state index contributed by atoms with van der Waals surface area (Å²) >= 11 is 0. The number of hydrogen-bond donors (Lipinski definition) is 0. The van der Waals surface area contributed by atoms with Crippen molar-refractivity contribution in [3.63, 3.8) is 0 Å². The van der Waals surface area contributed by atoms with Crippen molar-refractivity contribution >= 4 is 10.2 Å². The minimum Gasteiger partial charge on any atom is -0.445 e. The summed E-state index contributed by atoms with van der Waals surface area (Å²) < 4.78 is 46.9. The summed E-state index contributed by atoms with van der Waals surface area (Å²) in [7, 11) is -0.407. The van der Waals surface area contributed by atoms with Crippen LogP contribution < -0.4 is 0 Å². The third kappa shape index (κ3) is 3.82. The van der Waals surface area contributed by atoms with Gasteiger partial charge in [-0.15, -0.1) is 0 Å². The van der Waals surface area contributed by atoms with Crippen LogP contribution in [0.5, 0.6) is 0 Å². The number of aromatic nitrogens is 1. The molecule has 1 aliphatic heterocycles. The Kier molecular flexibility index (Phi) is 5.18. The van der Waals surface area contributed by atoms with Gasteiger partial charge in [-0.25, -0.2) is 9.37 Å². The molecule has 1 aliphatic rings. The summed E-state index contributed by atoms with van der Waals surface area (Å²) in [6, 6.07) is 6.36. The summed E-state index contributed by atoms with van der Waals surface area (Å²) in [4.78, 5) is 4.40. The molecule has 0 aliphatic carbocycles. The van der Waals surface area contributed by atoms with E-state index in [0.717, 1.165) is 18.4 Å². The highest BCUT2D eigenvalue weighted by Crippen LogP contribution is 2.35. The van der Waals surface area contributed by atoms with E-state index in [1.54, 1.807) is 12.3 Å². The van der Waals surface area contributed by atoms with Crippen molar-refractivity contribution in [2.75, 3.05) is 27.2 Å². The van der Waals surface area contributed by atoms with E-state index in [9.17, 15) is 12.8 Å². The number of piperidine rings is 1. The maximum Gasteiger partial charge on any atom is 0.281 e. The van der Waals surface area contributed by atoms with Crippen LogP contribution in [0.4, 0.5) is 4.39 Å². The Bertz CT molecular complexity index is 881. The van der Waals surface area contributed by atoms with E-state index in [1.165, 1.54) is 34.8 Å². The van der Waals surface area contributed by atoms with Crippen molar-refractivity contribution in [1.82, 2.24) is 13.6 Å². The molecule has 3 rings (SSSR count). The molecule has 2 heterocycles. The van der Waals surface area contributed by atoms with Crippen molar-refractivity contribution in [2.45, 2.75) is 31.6 Å². The monoisotopic (exact) mass is 381 g/mol. The Morgan fingerprint density at radius 3 is 2.85 bits per heavy atom. The SMILES string of the molecule is CN(C)S(=O)(=O)N1CCC[C@](C)(c2ncc(Cc3cccc(F)c3)o2)C1. The second kappa shape index (κ2) is 7.09. The van der Waals surface area contributed by atoms with Crippen LogP contribution in [0.2, 0.25) is 0 Å². The molecule has 6 nitrogen and oxygen atoms in total. The second-order valence-corrected chi connectivity index (χ2v) is 9.37. The van der Waals surface area contributed by atoms with Crippen LogP contribution in [-0.2, 0) is 22.0 Å². The molecule has 1 aromatic carbocycles. The highest BCUT2D eigenvalue weighted by atomic mass is 32.2. The molecule has 0 unspecified atom stereocenters. The molecule has 0 bridgehead atoms. The Balaban J connectivity index is 1.79. The van der Waals surface area contributed by atoms with Gasteiger partial charge >= 0.3 is 0 Å². The highest BCUT2D eigenvalue weighted by Gasteiger charge is 2.41. The Morgan fingerprint density at radius 2 is 2.15 bits per heavy atom. The molecule has 1 atom stereocenters. The van der Waals surface area contributed by atoms with Crippen molar-refractivity contribution in [2.24, 2.45) is 0 Å². The highest BCUT2D eigenvalue weighted by molar-refractivity contribution is 7.86. The standard InChI is InChI=1S/C18H24FN3O3S/c1-18(8-5-9-22(13-18)26(23,24)21(2)3)17-20-12-16(25-17)11-14-6-4-7-15(19)10-14/h4,6-7,10,12H,5,8-9,11,13H2,1-3H3/t18-/m0/s1. The summed E-state index contributed by atoms with van der Waals surface area (Å²) in [6.07, 6.45) is 3.63. The maximum atomic E-state index is 13.3. The predicted molar refractivity (Wildman–Crippen MR) is 96.5 cm³/mol. The number of hydrogen-bond acceptors (Lipinski definition) is 4. The summed E-state index contributed by atoms with van der Waals surface area (Å²) in [5.41, 5.74) is 0.319. The van der Waals surface area contributed by atoms with Gasteiger partial charge in [0.05, 0.1) is 11.6 Å². The van der Waals surface area contributed by atoms with E-state index in [-0.39, 0.29) is 5.82 Å². The van der Waals surface area contributed by atoms with Gasteiger partial charge in [-0.1, -0.05) is 12.1 Å². The van der Waals surface area contributed by atoms with Gasteiger partial charge in [0.2, 0.25) is 5.89 Å². The molecule has 0 spiro atoms. The van der Waals surface area contributed by atoms with Crippen molar-refractivity contribution in [3.8, 4) is 0 Å². The quantitative estimate of drug-likeness (QED) is 0.798. The van der Waals surface area contributed by atoms with E-state index in [4.69, 9.17) is 4.42 Å². The zero-order valence-corrected chi connectivity index (χ0v) is 16.1. The van der Waals surface area contributed by atoms with Gasteiger partial charge in [0.25, 0.3) is 10.2 Å². The van der Waals surface area contributed by atoms with Crippen molar-refractivity contribution in [1.29, 1.82) is 0 Å². The Morgan fingerprint density at radius 1 is 1.38 bits per heavy atom. The number of halogens is 1.